The van der Waals surface area contributed by atoms with Gasteiger partial charge in [0, 0.05) is 21.3 Å². The van der Waals surface area contributed by atoms with E-state index in [0.29, 0.717) is 10.8 Å². The molecule has 1 aliphatic rings. The molecule has 2 unspecified atom stereocenters. The zero-order chi connectivity index (χ0) is 13.6. The molecule has 0 spiro atoms. The van der Waals surface area contributed by atoms with Crippen molar-refractivity contribution in [3.8, 4) is 5.75 Å². The Bertz CT molecular complexity index is 606. The van der Waals surface area contributed by atoms with Crippen molar-refractivity contribution < 1.29 is 9.84 Å². The molecule has 0 saturated carbocycles. The van der Waals surface area contributed by atoms with Crippen molar-refractivity contribution in [3.63, 3.8) is 0 Å². The largest absolute Gasteiger partial charge is 0.484 e. The molecule has 2 aromatic rings. The first-order chi connectivity index (χ1) is 9.04. The minimum atomic E-state index is -0.492. The molecule has 0 aliphatic carbocycles. The summed E-state index contributed by atoms with van der Waals surface area (Å²) in [5.74, 6) is 0.759. The molecule has 0 fully saturated rings. The van der Waals surface area contributed by atoms with Crippen molar-refractivity contribution in [1.29, 1.82) is 0 Å². The van der Waals surface area contributed by atoms with Crippen LogP contribution in [0.15, 0.2) is 28.7 Å². The highest BCUT2D eigenvalue weighted by Gasteiger charge is 2.29. The lowest BCUT2D eigenvalue weighted by atomic mass is 9.97. The Labute approximate surface area is 129 Å². The van der Waals surface area contributed by atoms with Crippen LogP contribution in [0.25, 0.3) is 0 Å². The molecule has 1 aromatic heterocycles. The first kappa shape index (κ1) is 13.4. The number of aliphatic hydroxyl groups is 1. The van der Waals surface area contributed by atoms with Gasteiger partial charge in [-0.15, -0.1) is 11.3 Å². The summed E-state index contributed by atoms with van der Waals surface area (Å²) in [6.45, 7) is 2.01. The number of thiophene rings is 1. The van der Waals surface area contributed by atoms with Crippen LogP contribution in [0, 0.1) is 6.92 Å². The van der Waals surface area contributed by atoms with Gasteiger partial charge in [-0.05, 0) is 41.1 Å². The lowest BCUT2D eigenvalue weighted by Gasteiger charge is -2.29. The molecule has 0 radical (unpaired) electrons. The molecule has 0 amide bonds. The molecule has 3 rings (SSSR count). The molecule has 100 valence electrons. The topological polar surface area (TPSA) is 29.5 Å². The highest BCUT2D eigenvalue weighted by molar-refractivity contribution is 9.10. The van der Waals surface area contributed by atoms with E-state index in [1.54, 1.807) is 0 Å². The van der Waals surface area contributed by atoms with Crippen LogP contribution < -0.4 is 4.74 Å². The van der Waals surface area contributed by atoms with Gasteiger partial charge in [-0.2, -0.15) is 0 Å². The molecule has 2 atom stereocenters. The summed E-state index contributed by atoms with van der Waals surface area (Å²) in [6, 6.07) is 7.85. The number of benzene rings is 1. The summed E-state index contributed by atoms with van der Waals surface area (Å²) in [4.78, 5) is 1.03. The minimum absolute atomic E-state index is 0.140. The van der Waals surface area contributed by atoms with E-state index in [-0.39, 0.29) is 6.10 Å². The van der Waals surface area contributed by atoms with Crippen molar-refractivity contribution in [2.24, 2.45) is 0 Å². The summed E-state index contributed by atoms with van der Waals surface area (Å²) in [6.07, 6.45) is -0.0768. The van der Waals surface area contributed by atoms with Crippen molar-refractivity contribution in [3.05, 3.63) is 49.1 Å². The van der Waals surface area contributed by atoms with Gasteiger partial charge in [-0.25, -0.2) is 0 Å². The van der Waals surface area contributed by atoms with E-state index in [4.69, 9.17) is 16.3 Å². The van der Waals surface area contributed by atoms with E-state index >= 15 is 0 Å². The molecular formula is C14H12BrClO2S. The van der Waals surface area contributed by atoms with E-state index < -0.39 is 6.10 Å². The Balaban J connectivity index is 1.94. The maximum atomic E-state index is 10.3. The van der Waals surface area contributed by atoms with Gasteiger partial charge < -0.3 is 9.84 Å². The molecule has 1 aliphatic heterocycles. The smallest absolute Gasteiger partial charge is 0.136 e. The van der Waals surface area contributed by atoms with Crippen molar-refractivity contribution in [2.75, 3.05) is 0 Å². The molecule has 1 aromatic carbocycles. The second-order valence-electron chi connectivity index (χ2n) is 4.67. The first-order valence-corrected chi connectivity index (χ1v) is 7.93. The predicted octanol–water partition coefficient (Wildman–Crippen LogP) is 5.03. The average Bonchev–Trinajstić information content (AvgIpc) is 2.70. The Morgan fingerprint density at radius 2 is 2.21 bits per heavy atom. The van der Waals surface area contributed by atoms with E-state index in [2.05, 4.69) is 15.9 Å². The summed E-state index contributed by atoms with van der Waals surface area (Å²) < 4.78 is 7.57. The second kappa shape index (κ2) is 5.09. The molecule has 0 saturated heterocycles. The predicted molar refractivity (Wildman–Crippen MR) is 81.2 cm³/mol. The number of fused-ring (bicyclic) bond motifs is 1. The van der Waals surface area contributed by atoms with Gasteiger partial charge in [-0.1, -0.05) is 23.2 Å². The number of hydrogen-bond donors (Lipinski definition) is 1. The molecule has 2 nitrogen and oxygen atoms in total. The third kappa shape index (κ3) is 2.55. The van der Waals surface area contributed by atoms with Crippen LogP contribution in [0.2, 0.25) is 4.34 Å². The van der Waals surface area contributed by atoms with Crippen LogP contribution >= 0.6 is 38.9 Å². The fraction of sp³-hybridized carbons (Fsp3) is 0.286. The third-order valence-corrected chi connectivity index (χ3v) is 5.78. The van der Waals surface area contributed by atoms with Crippen LogP contribution in [0.1, 0.15) is 34.6 Å². The number of rotatable bonds is 1. The Morgan fingerprint density at radius 3 is 2.89 bits per heavy atom. The minimum Gasteiger partial charge on any atom is -0.484 e. The van der Waals surface area contributed by atoms with E-state index in [9.17, 15) is 5.11 Å². The van der Waals surface area contributed by atoms with E-state index in [1.807, 2.05) is 31.2 Å². The van der Waals surface area contributed by atoms with Gasteiger partial charge in [0.2, 0.25) is 0 Å². The normalized spacial score (nSPS) is 21.9. The average molecular weight is 360 g/mol. The number of aliphatic hydroxyl groups excluding tert-OH is 1. The summed E-state index contributed by atoms with van der Waals surface area (Å²) in [7, 11) is 0. The van der Waals surface area contributed by atoms with Crippen LogP contribution in [-0.4, -0.2) is 5.11 Å². The van der Waals surface area contributed by atoms with Crippen LogP contribution in [0.5, 0.6) is 5.75 Å². The van der Waals surface area contributed by atoms with Gasteiger partial charge in [0.15, 0.2) is 0 Å². The lowest BCUT2D eigenvalue weighted by Crippen LogP contribution is -2.18. The Hall–Kier alpha value is -0.550. The van der Waals surface area contributed by atoms with Crippen molar-refractivity contribution >= 4 is 38.9 Å². The summed E-state index contributed by atoms with van der Waals surface area (Å²) in [5.41, 5.74) is 2.00. The standard InChI is InChI=1S/C14H12BrClO2S/c1-7-2-3-11-8(4-7)10(17)6-12(18-11)13-5-9(15)14(16)19-13/h2-5,10,12,17H,6H2,1H3. The second-order valence-corrected chi connectivity index (χ2v) is 7.21. The number of hydrogen-bond acceptors (Lipinski definition) is 3. The zero-order valence-electron chi connectivity index (χ0n) is 10.2. The first-order valence-electron chi connectivity index (χ1n) is 5.94. The monoisotopic (exact) mass is 358 g/mol. The van der Waals surface area contributed by atoms with Crippen LogP contribution in [0.4, 0.5) is 0 Å². The van der Waals surface area contributed by atoms with E-state index in [1.165, 1.54) is 11.3 Å². The Morgan fingerprint density at radius 1 is 1.42 bits per heavy atom. The highest BCUT2D eigenvalue weighted by Crippen LogP contribution is 2.45. The van der Waals surface area contributed by atoms with Gasteiger partial charge in [0.1, 0.15) is 16.2 Å². The zero-order valence-corrected chi connectivity index (χ0v) is 13.3. The summed E-state index contributed by atoms with van der Waals surface area (Å²) >= 11 is 10.9. The lowest BCUT2D eigenvalue weighted by molar-refractivity contribution is 0.0673. The van der Waals surface area contributed by atoms with Gasteiger partial charge in [-0.3, -0.25) is 0 Å². The number of ether oxygens (including phenoxy) is 1. The fourth-order valence-electron chi connectivity index (χ4n) is 2.26. The molecule has 19 heavy (non-hydrogen) atoms. The molecular weight excluding hydrogens is 348 g/mol. The summed E-state index contributed by atoms with van der Waals surface area (Å²) in [5, 5.41) is 10.3. The molecule has 1 N–H and O–H groups in total. The maximum absolute atomic E-state index is 10.3. The van der Waals surface area contributed by atoms with Crippen LogP contribution in [-0.2, 0) is 0 Å². The van der Waals surface area contributed by atoms with Crippen LogP contribution in [0.3, 0.4) is 0 Å². The number of aryl methyl sites for hydroxylation is 1. The third-order valence-electron chi connectivity index (χ3n) is 3.21. The maximum Gasteiger partial charge on any atom is 0.136 e. The highest BCUT2D eigenvalue weighted by atomic mass is 79.9. The Kier molecular flexibility index (Phi) is 3.60. The molecule has 0 bridgehead atoms. The number of halogens is 2. The van der Waals surface area contributed by atoms with Crippen molar-refractivity contribution in [2.45, 2.75) is 25.6 Å². The quantitative estimate of drug-likeness (QED) is 0.774. The van der Waals surface area contributed by atoms with Gasteiger partial charge in [0.25, 0.3) is 0 Å². The fourth-order valence-corrected chi connectivity index (χ4v) is 4.04. The molecule has 2 heterocycles. The van der Waals surface area contributed by atoms with Gasteiger partial charge in [0.05, 0.1) is 6.10 Å². The SMILES string of the molecule is Cc1ccc2c(c1)C(O)CC(c1cc(Br)c(Cl)s1)O2. The van der Waals surface area contributed by atoms with Crippen molar-refractivity contribution in [1.82, 2.24) is 0 Å². The van der Waals surface area contributed by atoms with E-state index in [0.717, 1.165) is 26.2 Å². The molecule has 5 heteroatoms. The van der Waals surface area contributed by atoms with Gasteiger partial charge >= 0.3 is 0 Å².